The number of hydrogen-bond acceptors (Lipinski definition) is 3. The number of aromatic nitrogens is 3. The fourth-order valence-electron chi connectivity index (χ4n) is 3.63. The van der Waals surface area contributed by atoms with Crippen LogP contribution in [0, 0.1) is 12.8 Å². The molecule has 1 saturated carbocycles. The van der Waals surface area contributed by atoms with Crippen LogP contribution in [-0.2, 0) is 6.54 Å². The van der Waals surface area contributed by atoms with E-state index < -0.39 is 0 Å². The minimum atomic E-state index is 0.110. The van der Waals surface area contributed by atoms with Crippen molar-refractivity contribution in [2.75, 3.05) is 13.1 Å². The van der Waals surface area contributed by atoms with E-state index in [1.807, 2.05) is 23.2 Å². The topological polar surface area (TPSA) is 51.0 Å². The maximum absolute atomic E-state index is 12.5. The average molecular weight is 324 g/mol. The smallest absolute Gasteiger partial charge is 0.255 e. The summed E-state index contributed by atoms with van der Waals surface area (Å²) >= 11 is 0. The van der Waals surface area contributed by atoms with Gasteiger partial charge in [-0.15, -0.1) is 0 Å². The molecule has 1 aliphatic carbocycles. The van der Waals surface area contributed by atoms with E-state index in [0.29, 0.717) is 17.4 Å². The Bertz CT molecular complexity index is 712. The highest BCUT2D eigenvalue weighted by atomic mass is 16.2. The Morgan fingerprint density at radius 3 is 2.67 bits per heavy atom. The normalized spacial score (nSPS) is 18.8. The first-order valence-electron chi connectivity index (χ1n) is 8.93. The van der Waals surface area contributed by atoms with Gasteiger partial charge in [-0.25, -0.2) is 4.98 Å². The molecule has 3 heterocycles. The van der Waals surface area contributed by atoms with Crippen LogP contribution >= 0.6 is 0 Å². The molecular weight excluding hydrogens is 300 g/mol. The molecule has 126 valence electrons. The van der Waals surface area contributed by atoms with Crippen molar-refractivity contribution >= 4 is 5.91 Å². The summed E-state index contributed by atoms with van der Waals surface area (Å²) in [5.41, 5.74) is 1.96. The van der Waals surface area contributed by atoms with E-state index in [0.717, 1.165) is 32.5 Å². The molecule has 2 aromatic heterocycles. The van der Waals surface area contributed by atoms with E-state index >= 15 is 0 Å². The van der Waals surface area contributed by atoms with Gasteiger partial charge >= 0.3 is 0 Å². The Labute approximate surface area is 142 Å². The summed E-state index contributed by atoms with van der Waals surface area (Å²) in [5, 5.41) is 0. The van der Waals surface area contributed by atoms with Crippen LogP contribution < -0.4 is 0 Å². The Kier molecular flexibility index (Phi) is 4.08. The molecule has 0 radical (unpaired) electrons. The summed E-state index contributed by atoms with van der Waals surface area (Å²) in [4.78, 5) is 23.1. The van der Waals surface area contributed by atoms with E-state index in [4.69, 9.17) is 0 Å². The number of piperidine rings is 1. The second-order valence-corrected chi connectivity index (χ2v) is 7.12. The molecule has 0 unspecified atom stereocenters. The zero-order valence-electron chi connectivity index (χ0n) is 14.2. The molecule has 2 aliphatic rings. The summed E-state index contributed by atoms with van der Waals surface area (Å²) in [7, 11) is 0. The maximum atomic E-state index is 12.5. The number of hydrogen-bond donors (Lipinski definition) is 0. The van der Waals surface area contributed by atoms with Crippen LogP contribution in [0.15, 0.2) is 30.7 Å². The molecule has 0 N–H and O–H groups in total. The number of rotatable bonds is 4. The van der Waals surface area contributed by atoms with Crippen molar-refractivity contribution in [3.05, 3.63) is 47.8 Å². The van der Waals surface area contributed by atoms with Crippen molar-refractivity contribution in [1.29, 1.82) is 0 Å². The Morgan fingerprint density at radius 2 is 2.00 bits per heavy atom. The van der Waals surface area contributed by atoms with Crippen LogP contribution in [-0.4, -0.2) is 38.4 Å². The Balaban J connectivity index is 1.37. The predicted octanol–water partition coefficient (Wildman–Crippen LogP) is 3.02. The highest BCUT2D eigenvalue weighted by Crippen LogP contribution is 2.40. The maximum Gasteiger partial charge on any atom is 0.255 e. The summed E-state index contributed by atoms with van der Waals surface area (Å²) in [6.07, 6.45) is 10.1. The van der Waals surface area contributed by atoms with E-state index in [9.17, 15) is 4.79 Å². The van der Waals surface area contributed by atoms with Gasteiger partial charge in [0.1, 0.15) is 5.82 Å². The van der Waals surface area contributed by atoms with Gasteiger partial charge in [0.25, 0.3) is 5.91 Å². The predicted molar refractivity (Wildman–Crippen MR) is 91.8 cm³/mol. The number of imidazole rings is 1. The van der Waals surface area contributed by atoms with E-state index in [1.54, 1.807) is 12.4 Å². The summed E-state index contributed by atoms with van der Waals surface area (Å²) < 4.78 is 2.42. The van der Waals surface area contributed by atoms with Crippen LogP contribution in [0.2, 0.25) is 0 Å². The zero-order valence-corrected chi connectivity index (χ0v) is 14.2. The fourth-order valence-corrected chi connectivity index (χ4v) is 3.63. The van der Waals surface area contributed by atoms with Gasteiger partial charge in [0.2, 0.25) is 0 Å². The van der Waals surface area contributed by atoms with E-state index in [-0.39, 0.29) is 5.91 Å². The van der Waals surface area contributed by atoms with Crippen molar-refractivity contribution in [2.24, 2.45) is 5.92 Å². The van der Waals surface area contributed by atoms with E-state index in [2.05, 4.69) is 21.5 Å². The minimum absolute atomic E-state index is 0.110. The number of carbonyl (C=O) groups is 1. The number of nitrogens with zero attached hydrogens (tertiary/aromatic N) is 4. The van der Waals surface area contributed by atoms with Crippen molar-refractivity contribution in [3.8, 4) is 0 Å². The summed E-state index contributed by atoms with van der Waals surface area (Å²) in [6, 6.07) is 3.67. The van der Waals surface area contributed by atoms with Gasteiger partial charge in [-0.2, -0.15) is 0 Å². The molecular formula is C19H24N4O. The van der Waals surface area contributed by atoms with Crippen molar-refractivity contribution in [3.63, 3.8) is 0 Å². The molecule has 2 aromatic rings. The van der Waals surface area contributed by atoms with Crippen LogP contribution in [0.4, 0.5) is 0 Å². The highest BCUT2D eigenvalue weighted by Gasteiger charge is 2.30. The second kappa shape index (κ2) is 6.38. The molecule has 1 amide bonds. The molecule has 2 fully saturated rings. The largest absolute Gasteiger partial charge is 0.339 e. The van der Waals surface area contributed by atoms with Crippen LogP contribution in [0.3, 0.4) is 0 Å². The molecule has 0 aromatic carbocycles. The highest BCUT2D eigenvalue weighted by molar-refractivity contribution is 5.93. The first kappa shape index (κ1) is 15.4. The zero-order chi connectivity index (χ0) is 16.5. The first-order chi connectivity index (χ1) is 11.7. The van der Waals surface area contributed by atoms with Crippen LogP contribution in [0.1, 0.15) is 53.5 Å². The Hall–Kier alpha value is -2.17. The number of aryl methyl sites for hydroxylation is 1. The lowest BCUT2D eigenvalue weighted by Crippen LogP contribution is -2.39. The number of carbonyl (C=O) groups excluding carboxylic acids is 1. The van der Waals surface area contributed by atoms with Crippen molar-refractivity contribution in [2.45, 2.75) is 45.1 Å². The van der Waals surface area contributed by atoms with E-state index in [1.165, 1.54) is 24.4 Å². The molecule has 5 nitrogen and oxygen atoms in total. The molecule has 4 rings (SSSR count). The SMILES string of the molecule is Cc1cnc(C2CC2)n1CC1CCN(C(=O)c2cccnc2)CC1. The average Bonchev–Trinajstić information content (AvgIpc) is 3.41. The monoisotopic (exact) mass is 324 g/mol. The van der Waals surface area contributed by atoms with Crippen LogP contribution in [0.25, 0.3) is 0 Å². The molecule has 24 heavy (non-hydrogen) atoms. The number of likely N-dealkylation sites (tertiary alicyclic amines) is 1. The molecule has 0 atom stereocenters. The molecule has 1 saturated heterocycles. The first-order valence-corrected chi connectivity index (χ1v) is 8.93. The lowest BCUT2D eigenvalue weighted by molar-refractivity contribution is 0.0681. The van der Waals surface area contributed by atoms with Crippen molar-refractivity contribution in [1.82, 2.24) is 19.4 Å². The van der Waals surface area contributed by atoms with Gasteiger partial charge in [-0.1, -0.05) is 0 Å². The van der Waals surface area contributed by atoms with Gasteiger partial charge < -0.3 is 9.47 Å². The number of amides is 1. The third-order valence-corrected chi connectivity index (χ3v) is 5.28. The third-order valence-electron chi connectivity index (χ3n) is 5.28. The second-order valence-electron chi connectivity index (χ2n) is 7.12. The summed E-state index contributed by atoms with van der Waals surface area (Å²) in [6.45, 7) is 4.88. The molecule has 0 bridgehead atoms. The van der Waals surface area contributed by atoms with Gasteiger partial charge in [0.15, 0.2) is 0 Å². The summed E-state index contributed by atoms with van der Waals surface area (Å²) in [5.74, 6) is 2.71. The minimum Gasteiger partial charge on any atom is -0.339 e. The third kappa shape index (κ3) is 3.07. The van der Waals surface area contributed by atoms with Gasteiger partial charge in [0, 0.05) is 49.8 Å². The van der Waals surface area contributed by atoms with Crippen LogP contribution in [0.5, 0.6) is 0 Å². The standard InChI is InChI=1S/C19H24N4O/c1-14-11-21-18(16-4-5-16)23(14)13-15-6-9-22(10-7-15)19(24)17-3-2-8-20-12-17/h2-3,8,11-12,15-16H,4-7,9-10,13H2,1H3. The molecule has 5 heteroatoms. The Morgan fingerprint density at radius 1 is 1.21 bits per heavy atom. The van der Waals surface area contributed by atoms with Gasteiger partial charge in [-0.05, 0) is 50.7 Å². The lowest BCUT2D eigenvalue weighted by Gasteiger charge is -2.32. The van der Waals surface area contributed by atoms with Gasteiger partial charge in [-0.3, -0.25) is 9.78 Å². The number of pyridine rings is 1. The van der Waals surface area contributed by atoms with Gasteiger partial charge in [0.05, 0.1) is 5.56 Å². The lowest BCUT2D eigenvalue weighted by atomic mass is 9.96. The fraction of sp³-hybridized carbons (Fsp3) is 0.526. The molecule has 0 spiro atoms. The van der Waals surface area contributed by atoms with Crippen molar-refractivity contribution < 1.29 is 4.79 Å². The molecule has 1 aliphatic heterocycles. The quantitative estimate of drug-likeness (QED) is 0.868.